The zero-order valence-electron chi connectivity index (χ0n) is 14.5. The SMILES string of the molecule is CC(C)(C)c1ccc2oc(CNS(=O)(=O)N3CCCCC3)nc2c1. The van der Waals surface area contributed by atoms with Crippen LogP contribution in [0.5, 0.6) is 0 Å². The predicted molar refractivity (Wildman–Crippen MR) is 93.9 cm³/mol. The molecule has 1 fully saturated rings. The van der Waals surface area contributed by atoms with Gasteiger partial charge >= 0.3 is 0 Å². The van der Waals surface area contributed by atoms with Crippen LogP contribution in [-0.2, 0) is 22.2 Å². The Labute approximate surface area is 143 Å². The summed E-state index contributed by atoms with van der Waals surface area (Å²) in [5.41, 5.74) is 2.64. The fourth-order valence-electron chi connectivity index (χ4n) is 2.87. The summed E-state index contributed by atoms with van der Waals surface area (Å²) in [6.07, 6.45) is 2.92. The zero-order valence-corrected chi connectivity index (χ0v) is 15.3. The maximum absolute atomic E-state index is 12.3. The molecule has 0 unspecified atom stereocenters. The van der Waals surface area contributed by atoms with Gasteiger partial charge in [-0.3, -0.25) is 0 Å². The zero-order chi connectivity index (χ0) is 17.4. The molecule has 0 radical (unpaired) electrons. The monoisotopic (exact) mass is 351 g/mol. The molecule has 1 aromatic carbocycles. The second-order valence-corrected chi connectivity index (χ2v) is 9.08. The first kappa shape index (κ1) is 17.4. The van der Waals surface area contributed by atoms with Crippen molar-refractivity contribution in [3.63, 3.8) is 0 Å². The minimum absolute atomic E-state index is 0.0309. The first-order chi connectivity index (χ1) is 11.3. The minimum atomic E-state index is -3.47. The van der Waals surface area contributed by atoms with Crippen LogP contribution in [0.4, 0.5) is 0 Å². The summed E-state index contributed by atoms with van der Waals surface area (Å²) >= 11 is 0. The van der Waals surface area contributed by atoms with Crippen LogP contribution in [-0.4, -0.2) is 30.8 Å². The number of fused-ring (bicyclic) bond motifs is 1. The number of hydrogen-bond acceptors (Lipinski definition) is 4. The molecule has 0 amide bonds. The molecule has 0 spiro atoms. The number of piperidine rings is 1. The Hall–Kier alpha value is -1.44. The van der Waals surface area contributed by atoms with E-state index in [0.29, 0.717) is 24.6 Å². The Kier molecular flexibility index (Phi) is 4.68. The lowest BCUT2D eigenvalue weighted by Crippen LogP contribution is -2.43. The third-order valence-corrected chi connectivity index (χ3v) is 5.91. The van der Waals surface area contributed by atoms with Gasteiger partial charge in [0.05, 0.1) is 6.54 Å². The summed E-state index contributed by atoms with van der Waals surface area (Å²) in [6.45, 7) is 7.65. The molecular formula is C17H25N3O3S. The topological polar surface area (TPSA) is 75.4 Å². The molecule has 0 atom stereocenters. The molecule has 1 aromatic heterocycles. The van der Waals surface area contributed by atoms with Crippen molar-refractivity contribution < 1.29 is 12.8 Å². The number of aromatic nitrogens is 1. The van der Waals surface area contributed by atoms with E-state index in [1.807, 2.05) is 18.2 Å². The Morgan fingerprint density at radius 1 is 1.21 bits per heavy atom. The lowest BCUT2D eigenvalue weighted by molar-refractivity contribution is 0.340. The third kappa shape index (κ3) is 3.79. The molecule has 6 nitrogen and oxygen atoms in total. The molecule has 2 aromatic rings. The number of rotatable bonds is 4. The average molecular weight is 351 g/mol. The van der Waals surface area contributed by atoms with E-state index in [9.17, 15) is 8.42 Å². The summed E-state index contributed by atoms with van der Waals surface area (Å²) in [6, 6.07) is 5.92. The molecule has 24 heavy (non-hydrogen) atoms. The molecule has 7 heteroatoms. The van der Waals surface area contributed by atoms with E-state index in [4.69, 9.17) is 4.42 Å². The van der Waals surface area contributed by atoms with Crippen molar-refractivity contribution in [2.24, 2.45) is 0 Å². The van der Waals surface area contributed by atoms with Gasteiger partial charge in [0.15, 0.2) is 5.58 Å². The maximum Gasteiger partial charge on any atom is 0.279 e. The van der Waals surface area contributed by atoms with Crippen LogP contribution in [0.25, 0.3) is 11.1 Å². The van der Waals surface area contributed by atoms with Crippen molar-refractivity contribution in [2.75, 3.05) is 13.1 Å². The smallest absolute Gasteiger partial charge is 0.279 e. The molecular weight excluding hydrogens is 326 g/mol. The Bertz CT molecular complexity index is 815. The summed E-state index contributed by atoms with van der Waals surface area (Å²) in [7, 11) is -3.47. The Balaban J connectivity index is 1.73. The van der Waals surface area contributed by atoms with Crippen molar-refractivity contribution in [1.82, 2.24) is 14.0 Å². The van der Waals surface area contributed by atoms with Crippen LogP contribution < -0.4 is 4.72 Å². The number of nitrogens with one attached hydrogen (secondary N) is 1. The average Bonchev–Trinajstić information content (AvgIpc) is 2.95. The summed E-state index contributed by atoms with van der Waals surface area (Å²) in [5, 5.41) is 0. The van der Waals surface area contributed by atoms with Crippen LogP contribution in [0.15, 0.2) is 22.6 Å². The highest BCUT2D eigenvalue weighted by molar-refractivity contribution is 7.87. The van der Waals surface area contributed by atoms with Gasteiger partial charge in [-0.1, -0.05) is 33.3 Å². The van der Waals surface area contributed by atoms with Crippen molar-refractivity contribution in [2.45, 2.75) is 52.0 Å². The number of oxazole rings is 1. The Morgan fingerprint density at radius 3 is 2.58 bits per heavy atom. The molecule has 1 aliphatic rings. The fraction of sp³-hybridized carbons (Fsp3) is 0.588. The molecule has 3 rings (SSSR count). The van der Waals surface area contributed by atoms with Gasteiger partial charge in [0.2, 0.25) is 5.89 Å². The van der Waals surface area contributed by atoms with E-state index in [1.54, 1.807) is 0 Å². The standard InChI is InChI=1S/C17H25N3O3S/c1-17(2,3)13-7-8-15-14(11-13)19-16(23-15)12-18-24(21,22)20-9-5-4-6-10-20/h7-8,11,18H,4-6,9-10,12H2,1-3H3. The summed E-state index contributed by atoms with van der Waals surface area (Å²) < 4.78 is 34.4. The molecule has 0 bridgehead atoms. The van der Waals surface area contributed by atoms with Crippen molar-refractivity contribution in [3.8, 4) is 0 Å². The number of nitrogens with zero attached hydrogens (tertiary/aromatic N) is 2. The normalized spacial score (nSPS) is 17.5. The largest absolute Gasteiger partial charge is 0.439 e. The predicted octanol–water partition coefficient (Wildman–Crippen LogP) is 2.95. The van der Waals surface area contributed by atoms with E-state index in [0.717, 1.165) is 24.8 Å². The third-order valence-electron chi connectivity index (χ3n) is 4.36. The first-order valence-electron chi connectivity index (χ1n) is 8.40. The molecule has 0 aliphatic carbocycles. The van der Waals surface area contributed by atoms with E-state index in [-0.39, 0.29) is 12.0 Å². The van der Waals surface area contributed by atoms with E-state index in [2.05, 4.69) is 30.5 Å². The van der Waals surface area contributed by atoms with Crippen LogP contribution in [0, 0.1) is 0 Å². The van der Waals surface area contributed by atoms with Crippen molar-refractivity contribution >= 4 is 21.3 Å². The number of benzene rings is 1. The quantitative estimate of drug-likeness (QED) is 0.919. The fourth-order valence-corrected chi connectivity index (χ4v) is 4.09. The van der Waals surface area contributed by atoms with Crippen LogP contribution in [0.1, 0.15) is 51.5 Å². The van der Waals surface area contributed by atoms with Gasteiger partial charge in [-0.15, -0.1) is 0 Å². The highest BCUT2D eigenvalue weighted by Crippen LogP contribution is 2.26. The van der Waals surface area contributed by atoms with Crippen LogP contribution >= 0.6 is 0 Å². The molecule has 0 saturated carbocycles. The van der Waals surface area contributed by atoms with Crippen LogP contribution in [0.3, 0.4) is 0 Å². The second kappa shape index (κ2) is 6.46. The van der Waals surface area contributed by atoms with E-state index >= 15 is 0 Å². The highest BCUT2D eigenvalue weighted by Gasteiger charge is 2.24. The lowest BCUT2D eigenvalue weighted by Gasteiger charge is -2.25. The molecule has 132 valence electrons. The Morgan fingerprint density at radius 2 is 1.92 bits per heavy atom. The van der Waals surface area contributed by atoms with Gasteiger partial charge in [-0.25, -0.2) is 4.98 Å². The molecule has 1 N–H and O–H groups in total. The van der Waals surface area contributed by atoms with Gasteiger partial charge in [0.25, 0.3) is 10.2 Å². The van der Waals surface area contributed by atoms with Gasteiger partial charge in [0.1, 0.15) is 5.52 Å². The maximum atomic E-state index is 12.3. The van der Waals surface area contributed by atoms with E-state index < -0.39 is 10.2 Å². The van der Waals surface area contributed by atoms with Gasteiger partial charge in [0, 0.05) is 13.1 Å². The summed E-state index contributed by atoms with van der Waals surface area (Å²) in [4.78, 5) is 4.42. The van der Waals surface area contributed by atoms with Gasteiger partial charge in [-0.2, -0.15) is 17.4 Å². The molecule has 1 saturated heterocycles. The molecule has 1 aliphatic heterocycles. The van der Waals surface area contributed by atoms with Gasteiger partial charge < -0.3 is 4.42 Å². The van der Waals surface area contributed by atoms with Gasteiger partial charge in [-0.05, 0) is 36.0 Å². The molecule has 2 heterocycles. The second-order valence-electron chi connectivity index (χ2n) is 7.33. The van der Waals surface area contributed by atoms with Crippen molar-refractivity contribution in [1.29, 1.82) is 0 Å². The summed E-state index contributed by atoms with van der Waals surface area (Å²) in [5.74, 6) is 0.386. The lowest BCUT2D eigenvalue weighted by atomic mass is 9.87. The highest BCUT2D eigenvalue weighted by atomic mass is 32.2. The van der Waals surface area contributed by atoms with Crippen LogP contribution in [0.2, 0.25) is 0 Å². The first-order valence-corrected chi connectivity index (χ1v) is 9.84. The number of hydrogen-bond donors (Lipinski definition) is 1. The van der Waals surface area contributed by atoms with Crippen molar-refractivity contribution in [3.05, 3.63) is 29.7 Å². The van der Waals surface area contributed by atoms with E-state index in [1.165, 1.54) is 9.87 Å². The minimum Gasteiger partial charge on any atom is -0.439 e.